The lowest BCUT2D eigenvalue weighted by molar-refractivity contribution is 0.0821. The molecule has 1 fully saturated rings. The molecule has 0 saturated carbocycles. The topological polar surface area (TPSA) is 41.6 Å². The van der Waals surface area contributed by atoms with Gasteiger partial charge in [-0.1, -0.05) is 31.2 Å². The monoisotopic (exact) mass is 344 g/mol. The Labute approximate surface area is 147 Å². The summed E-state index contributed by atoms with van der Waals surface area (Å²) < 4.78 is 5.73. The van der Waals surface area contributed by atoms with Crippen molar-refractivity contribution < 1.29 is 9.53 Å². The number of urea groups is 1. The van der Waals surface area contributed by atoms with Gasteiger partial charge in [0.05, 0.1) is 12.6 Å². The van der Waals surface area contributed by atoms with Gasteiger partial charge in [0.2, 0.25) is 0 Å². The van der Waals surface area contributed by atoms with Crippen LogP contribution < -0.4 is 5.32 Å². The van der Waals surface area contributed by atoms with Crippen LogP contribution in [0.5, 0.6) is 0 Å². The van der Waals surface area contributed by atoms with E-state index in [4.69, 9.17) is 4.74 Å². The van der Waals surface area contributed by atoms with Crippen LogP contribution >= 0.6 is 11.3 Å². The van der Waals surface area contributed by atoms with Crippen molar-refractivity contribution in [3.63, 3.8) is 0 Å². The third kappa shape index (κ3) is 4.36. The summed E-state index contributed by atoms with van der Waals surface area (Å²) in [6.45, 7) is 4.16. The minimum absolute atomic E-state index is 0.0557. The molecule has 1 aromatic heterocycles. The van der Waals surface area contributed by atoms with Crippen molar-refractivity contribution in [3.05, 3.63) is 52.2 Å². The first-order chi connectivity index (χ1) is 11.8. The molecule has 0 bridgehead atoms. The number of hydrogen-bond donors (Lipinski definition) is 1. The quantitative estimate of drug-likeness (QED) is 0.837. The Kier molecular flexibility index (Phi) is 5.88. The van der Waals surface area contributed by atoms with Gasteiger partial charge < -0.3 is 15.0 Å². The van der Waals surface area contributed by atoms with Crippen molar-refractivity contribution in [2.24, 2.45) is 0 Å². The molecule has 1 aliphatic rings. The zero-order valence-electron chi connectivity index (χ0n) is 14.0. The minimum Gasteiger partial charge on any atom is -0.376 e. The SMILES string of the molecule is CCc1ccccc1NC(=O)N(Cc1cccs1)C[C@@H]1CCCO1. The van der Waals surface area contributed by atoms with Crippen LogP contribution in [-0.2, 0) is 17.7 Å². The van der Waals surface area contributed by atoms with Gasteiger partial charge in [-0.05, 0) is 42.3 Å². The Morgan fingerprint density at radius 2 is 2.21 bits per heavy atom. The van der Waals surface area contributed by atoms with Crippen LogP contribution in [0.25, 0.3) is 0 Å². The molecule has 2 amide bonds. The average Bonchev–Trinajstić information content (AvgIpc) is 3.28. The molecule has 1 aliphatic heterocycles. The van der Waals surface area contributed by atoms with Crippen LogP contribution in [0.1, 0.15) is 30.2 Å². The second-order valence-corrected chi connectivity index (χ2v) is 7.07. The number of nitrogens with zero attached hydrogens (tertiary/aromatic N) is 1. The van der Waals surface area contributed by atoms with E-state index in [0.717, 1.165) is 37.1 Å². The summed E-state index contributed by atoms with van der Waals surface area (Å²) in [6, 6.07) is 12.0. The minimum atomic E-state index is -0.0557. The lowest BCUT2D eigenvalue weighted by Crippen LogP contribution is -2.39. The number of nitrogens with one attached hydrogen (secondary N) is 1. The predicted molar refractivity (Wildman–Crippen MR) is 98.5 cm³/mol. The Morgan fingerprint density at radius 3 is 2.92 bits per heavy atom. The third-order valence-electron chi connectivity index (χ3n) is 4.30. The summed E-state index contributed by atoms with van der Waals surface area (Å²) in [6.07, 6.45) is 3.15. The number of ether oxygens (including phenoxy) is 1. The highest BCUT2D eigenvalue weighted by Crippen LogP contribution is 2.20. The van der Waals surface area contributed by atoms with Gasteiger partial charge in [-0.25, -0.2) is 4.79 Å². The maximum Gasteiger partial charge on any atom is 0.322 e. The summed E-state index contributed by atoms with van der Waals surface area (Å²) in [5.74, 6) is 0. The molecule has 2 aromatic rings. The molecule has 0 aliphatic carbocycles. The number of rotatable bonds is 6. The second kappa shape index (κ2) is 8.31. The van der Waals surface area contributed by atoms with Gasteiger partial charge in [0.25, 0.3) is 0 Å². The molecule has 0 spiro atoms. The highest BCUT2D eigenvalue weighted by Gasteiger charge is 2.23. The number of thiophene rings is 1. The lowest BCUT2D eigenvalue weighted by Gasteiger charge is -2.26. The Morgan fingerprint density at radius 1 is 1.33 bits per heavy atom. The molecule has 5 heteroatoms. The smallest absolute Gasteiger partial charge is 0.322 e. The summed E-state index contributed by atoms with van der Waals surface area (Å²) >= 11 is 1.68. The zero-order chi connectivity index (χ0) is 16.8. The fraction of sp³-hybridized carbons (Fsp3) is 0.421. The highest BCUT2D eigenvalue weighted by molar-refractivity contribution is 7.09. The normalized spacial score (nSPS) is 17.0. The van der Waals surface area contributed by atoms with Gasteiger partial charge >= 0.3 is 6.03 Å². The number of carbonyl (C=O) groups is 1. The molecule has 0 unspecified atom stereocenters. The van der Waals surface area contributed by atoms with Crippen LogP contribution in [0.3, 0.4) is 0 Å². The van der Waals surface area contributed by atoms with Crippen molar-refractivity contribution in [2.75, 3.05) is 18.5 Å². The molecule has 128 valence electrons. The number of para-hydroxylation sites is 1. The summed E-state index contributed by atoms with van der Waals surface area (Å²) in [7, 11) is 0. The van der Waals surface area contributed by atoms with Gasteiger partial charge in [0.15, 0.2) is 0 Å². The van der Waals surface area contributed by atoms with Crippen LogP contribution in [0.15, 0.2) is 41.8 Å². The average molecular weight is 344 g/mol. The van der Waals surface area contributed by atoms with E-state index < -0.39 is 0 Å². The zero-order valence-corrected chi connectivity index (χ0v) is 14.8. The van der Waals surface area contributed by atoms with Gasteiger partial charge in [0.1, 0.15) is 0 Å². The van der Waals surface area contributed by atoms with E-state index >= 15 is 0 Å². The molecule has 1 saturated heterocycles. The molecular formula is C19H24N2O2S. The summed E-state index contributed by atoms with van der Waals surface area (Å²) in [5, 5.41) is 5.13. The van der Waals surface area contributed by atoms with E-state index in [0.29, 0.717) is 13.1 Å². The number of carbonyl (C=O) groups excluding carboxylic acids is 1. The van der Waals surface area contributed by atoms with Crippen LogP contribution in [0.4, 0.5) is 10.5 Å². The number of anilines is 1. The van der Waals surface area contributed by atoms with E-state index in [-0.39, 0.29) is 12.1 Å². The number of aryl methyl sites for hydroxylation is 1. The van der Waals surface area contributed by atoms with E-state index in [1.54, 1.807) is 11.3 Å². The number of amides is 2. The molecule has 1 atom stereocenters. The van der Waals surface area contributed by atoms with Crippen molar-refractivity contribution in [1.82, 2.24) is 4.90 Å². The summed E-state index contributed by atoms with van der Waals surface area (Å²) in [5.41, 5.74) is 2.05. The maximum absolute atomic E-state index is 12.9. The van der Waals surface area contributed by atoms with Crippen molar-refractivity contribution in [1.29, 1.82) is 0 Å². The van der Waals surface area contributed by atoms with Gasteiger partial charge in [-0.2, -0.15) is 0 Å². The molecule has 1 N–H and O–H groups in total. The Balaban J connectivity index is 1.71. The number of benzene rings is 1. The van der Waals surface area contributed by atoms with E-state index in [1.807, 2.05) is 34.5 Å². The molecule has 3 rings (SSSR count). The molecule has 4 nitrogen and oxygen atoms in total. The van der Waals surface area contributed by atoms with Gasteiger partial charge in [-0.15, -0.1) is 11.3 Å². The number of hydrogen-bond acceptors (Lipinski definition) is 3. The van der Waals surface area contributed by atoms with Gasteiger partial charge in [0, 0.05) is 23.7 Å². The first-order valence-corrected chi connectivity index (χ1v) is 9.42. The van der Waals surface area contributed by atoms with Crippen LogP contribution in [0, 0.1) is 0 Å². The Hall–Kier alpha value is -1.85. The van der Waals surface area contributed by atoms with E-state index in [9.17, 15) is 4.79 Å². The third-order valence-corrected chi connectivity index (χ3v) is 5.16. The standard InChI is InChI=1S/C19H24N2O2S/c1-2-15-7-3-4-10-18(15)20-19(22)21(13-16-8-5-11-23-16)14-17-9-6-12-24-17/h3-4,6-7,9-10,12,16H,2,5,8,11,13-14H2,1H3,(H,20,22)/t16-/m0/s1. The molecule has 1 aromatic carbocycles. The molecule has 24 heavy (non-hydrogen) atoms. The van der Waals surface area contributed by atoms with E-state index in [2.05, 4.69) is 24.4 Å². The van der Waals surface area contributed by atoms with Crippen molar-refractivity contribution in [3.8, 4) is 0 Å². The fourth-order valence-corrected chi connectivity index (χ4v) is 3.71. The molecule has 0 radical (unpaired) electrons. The Bertz CT molecular complexity index is 651. The van der Waals surface area contributed by atoms with Crippen molar-refractivity contribution in [2.45, 2.75) is 38.8 Å². The largest absolute Gasteiger partial charge is 0.376 e. The first kappa shape index (κ1) is 17.0. The summed E-state index contributed by atoms with van der Waals surface area (Å²) in [4.78, 5) is 15.9. The van der Waals surface area contributed by atoms with Crippen LogP contribution in [-0.4, -0.2) is 30.2 Å². The van der Waals surface area contributed by atoms with Gasteiger partial charge in [-0.3, -0.25) is 0 Å². The van der Waals surface area contributed by atoms with Crippen LogP contribution in [0.2, 0.25) is 0 Å². The fourth-order valence-electron chi connectivity index (χ4n) is 2.99. The highest BCUT2D eigenvalue weighted by atomic mass is 32.1. The van der Waals surface area contributed by atoms with Crippen molar-refractivity contribution >= 4 is 23.1 Å². The maximum atomic E-state index is 12.9. The predicted octanol–water partition coefficient (Wildman–Crippen LogP) is 4.52. The lowest BCUT2D eigenvalue weighted by atomic mass is 10.1. The second-order valence-electron chi connectivity index (χ2n) is 6.04. The first-order valence-electron chi connectivity index (χ1n) is 8.54. The molecule has 2 heterocycles. The molecular weight excluding hydrogens is 320 g/mol. The van der Waals surface area contributed by atoms with E-state index in [1.165, 1.54) is 4.88 Å².